The lowest BCUT2D eigenvalue weighted by molar-refractivity contribution is 0.301. The molecule has 1 N–H and O–H groups in total. The molecule has 2 nitrogen and oxygen atoms in total. The molecule has 124 valence electrons. The molecule has 0 heterocycles. The SMILES string of the molecule is CC[C@H](C)NCc1cc(Br)ccc1OCc1ccc(Cl)c(Cl)c1. The van der Waals surface area contributed by atoms with Crippen molar-refractivity contribution in [3.63, 3.8) is 0 Å². The van der Waals surface area contributed by atoms with Gasteiger partial charge in [0.05, 0.1) is 10.0 Å². The molecular formula is C18H20BrCl2NO. The molecule has 1 atom stereocenters. The highest BCUT2D eigenvalue weighted by atomic mass is 79.9. The second kappa shape index (κ2) is 8.93. The molecule has 0 aliphatic heterocycles. The minimum atomic E-state index is 0.453. The molecule has 5 heteroatoms. The molecule has 0 radical (unpaired) electrons. The molecule has 2 aromatic rings. The fourth-order valence-corrected chi connectivity index (χ4v) is 2.78. The Kier molecular flexibility index (Phi) is 7.22. The molecule has 0 amide bonds. The van der Waals surface area contributed by atoms with Crippen molar-refractivity contribution in [1.82, 2.24) is 5.32 Å². The number of hydrogen-bond acceptors (Lipinski definition) is 2. The molecule has 0 aliphatic rings. The number of hydrogen-bond donors (Lipinski definition) is 1. The van der Waals surface area contributed by atoms with Crippen molar-refractivity contribution >= 4 is 39.1 Å². The van der Waals surface area contributed by atoms with Gasteiger partial charge >= 0.3 is 0 Å². The van der Waals surface area contributed by atoms with Crippen LogP contribution in [0.1, 0.15) is 31.4 Å². The third-order valence-corrected chi connectivity index (χ3v) is 4.89. The average Bonchev–Trinajstić information content (AvgIpc) is 2.54. The first-order valence-corrected chi connectivity index (χ1v) is 9.13. The van der Waals surface area contributed by atoms with E-state index in [1.54, 1.807) is 6.07 Å². The van der Waals surface area contributed by atoms with E-state index in [4.69, 9.17) is 27.9 Å². The van der Waals surface area contributed by atoms with Crippen LogP contribution < -0.4 is 10.1 Å². The van der Waals surface area contributed by atoms with Crippen molar-refractivity contribution in [3.05, 3.63) is 62.0 Å². The smallest absolute Gasteiger partial charge is 0.124 e. The van der Waals surface area contributed by atoms with E-state index in [-0.39, 0.29) is 0 Å². The Morgan fingerprint density at radius 1 is 1.13 bits per heavy atom. The zero-order chi connectivity index (χ0) is 16.8. The summed E-state index contributed by atoms with van der Waals surface area (Å²) in [5.41, 5.74) is 2.11. The van der Waals surface area contributed by atoms with E-state index >= 15 is 0 Å². The third-order valence-electron chi connectivity index (χ3n) is 3.65. The number of benzene rings is 2. The minimum Gasteiger partial charge on any atom is -0.489 e. The molecule has 0 saturated carbocycles. The molecule has 0 aliphatic carbocycles. The molecular weight excluding hydrogens is 397 g/mol. The molecule has 0 unspecified atom stereocenters. The Morgan fingerprint density at radius 2 is 1.91 bits per heavy atom. The maximum absolute atomic E-state index is 6.04. The number of halogens is 3. The summed E-state index contributed by atoms with van der Waals surface area (Å²) in [6.45, 7) is 5.56. The Balaban J connectivity index is 2.07. The van der Waals surface area contributed by atoms with Crippen LogP contribution >= 0.6 is 39.1 Å². The van der Waals surface area contributed by atoms with E-state index in [2.05, 4.69) is 41.2 Å². The van der Waals surface area contributed by atoms with Gasteiger partial charge in [0, 0.05) is 22.6 Å². The number of rotatable bonds is 7. The van der Waals surface area contributed by atoms with E-state index in [0.717, 1.165) is 34.3 Å². The maximum atomic E-state index is 6.04. The van der Waals surface area contributed by atoms with Crippen LogP contribution in [-0.4, -0.2) is 6.04 Å². The molecule has 0 fully saturated rings. The molecule has 0 aromatic heterocycles. The zero-order valence-corrected chi connectivity index (χ0v) is 16.3. The van der Waals surface area contributed by atoms with Crippen LogP contribution in [0.5, 0.6) is 5.75 Å². The van der Waals surface area contributed by atoms with Crippen LogP contribution in [0.25, 0.3) is 0 Å². The van der Waals surface area contributed by atoms with E-state index in [0.29, 0.717) is 22.7 Å². The van der Waals surface area contributed by atoms with Gasteiger partial charge in [-0.3, -0.25) is 0 Å². The summed E-state index contributed by atoms with van der Waals surface area (Å²) in [4.78, 5) is 0. The lowest BCUT2D eigenvalue weighted by Gasteiger charge is -2.16. The van der Waals surface area contributed by atoms with E-state index in [1.807, 2.05) is 24.3 Å². The predicted octanol–water partition coefficient (Wildman–Crippen LogP) is 6.22. The minimum absolute atomic E-state index is 0.453. The largest absolute Gasteiger partial charge is 0.489 e. The van der Waals surface area contributed by atoms with Crippen LogP contribution in [0.4, 0.5) is 0 Å². The van der Waals surface area contributed by atoms with Gasteiger partial charge in [-0.25, -0.2) is 0 Å². The predicted molar refractivity (Wildman–Crippen MR) is 102 cm³/mol. The zero-order valence-electron chi connectivity index (χ0n) is 13.2. The van der Waals surface area contributed by atoms with Gasteiger partial charge in [-0.15, -0.1) is 0 Å². The Bertz CT molecular complexity index is 663. The Hall–Kier alpha value is -0.740. The second-order valence-electron chi connectivity index (χ2n) is 5.48. The van der Waals surface area contributed by atoms with Gasteiger partial charge in [-0.2, -0.15) is 0 Å². The van der Waals surface area contributed by atoms with Crippen LogP contribution in [0.15, 0.2) is 40.9 Å². The summed E-state index contributed by atoms with van der Waals surface area (Å²) >= 11 is 15.5. The monoisotopic (exact) mass is 415 g/mol. The number of ether oxygens (including phenoxy) is 1. The first-order chi connectivity index (χ1) is 11.0. The van der Waals surface area contributed by atoms with Gasteiger partial charge in [0.25, 0.3) is 0 Å². The summed E-state index contributed by atoms with van der Waals surface area (Å²) in [5.74, 6) is 0.870. The molecule has 0 bridgehead atoms. The highest BCUT2D eigenvalue weighted by molar-refractivity contribution is 9.10. The maximum Gasteiger partial charge on any atom is 0.124 e. The van der Waals surface area contributed by atoms with Crippen molar-refractivity contribution in [3.8, 4) is 5.75 Å². The van der Waals surface area contributed by atoms with Gasteiger partial charge in [0.1, 0.15) is 12.4 Å². The summed E-state index contributed by atoms with van der Waals surface area (Å²) in [6, 6.07) is 12.1. The van der Waals surface area contributed by atoms with Gasteiger partial charge in [-0.05, 0) is 49.2 Å². The van der Waals surface area contributed by atoms with Crippen LogP contribution in [0.2, 0.25) is 10.0 Å². The fraction of sp³-hybridized carbons (Fsp3) is 0.333. The fourth-order valence-electron chi connectivity index (χ4n) is 2.05. The highest BCUT2D eigenvalue weighted by Gasteiger charge is 2.08. The highest BCUT2D eigenvalue weighted by Crippen LogP contribution is 2.26. The number of nitrogens with one attached hydrogen (secondary N) is 1. The van der Waals surface area contributed by atoms with Gasteiger partial charge in [0.2, 0.25) is 0 Å². The third kappa shape index (κ3) is 5.68. The standard InChI is InChI=1S/C18H20BrCl2NO/c1-3-12(2)22-10-14-9-15(19)5-7-18(14)23-11-13-4-6-16(20)17(21)8-13/h4-9,12,22H,3,10-11H2,1-2H3/t12-/m0/s1. The molecule has 0 spiro atoms. The summed E-state index contributed by atoms with van der Waals surface area (Å²) in [7, 11) is 0. The first kappa shape index (κ1) is 18.6. The van der Waals surface area contributed by atoms with Crippen molar-refractivity contribution in [2.75, 3.05) is 0 Å². The molecule has 2 aromatic carbocycles. The molecule has 2 rings (SSSR count). The molecule has 0 saturated heterocycles. The van der Waals surface area contributed by atoms with Crippen molar-refractivity contribution in [1.29, 1.82) is 0 Å². The lowest BCUT2D eigenvalue weighted by atomic mass is 10.1. The lowest BCUT2D eigenvalue weighted by Crippen LogP contribution is -2.24. The summed E-state index contributed by atoms with van der Waals surface area (Å²) in [6.07, 6.45) is 1.09. The normalized spacial score (nSPS) is 12.2. The first-order valence-electron chi connectivity index (χ1n) is 7.58. The second-order valence-corrected chi connectivity index (χ2v) is 7.21. The van der Waals surface area contributed by atoms with Crippen LogP contribution in [0, 0.1) is 0 Å². The van der Waals surface area contributed by atoms with Crippen molar-refractivity contribution in [2.45, 2.75) is 39.5 Å². The van der Waals surface area contributed by atoms with Gasteiger partial charge in [0.15, 0.2) is 0 Å². The van der Waals surface area contributed by atoms with E-state index in [1.165, 1.54) is 0 Å². The van der Waals surface area contributed by atoms with E-state index < -0.39 is 0 Å². The van der Waals surface area contributed by atoms with Gasteiger partial charge in [-0.1, -0.05) is 52.1 Å². The van der Waals surface area contributed by atoms with Gasteiger partial charge < -0.3 is 10.1 Å². The van der Waals surface area contributed by atoms with Crippen molar-refractivity contribution in [2.24, 2.45) is 0 Å². The van der Waals surface area contributed by atoms with Crippen molar-refractivity contribution < 1.29 is 4.74 Å². The summed E-state index contributed by atoms with van der Waals surface area (Å²) in [5, 5.41) is 4.59. The molecule has 23 heavy (non-hydrogen) atoms. The van der Waals surface area contributed by atoms with Crippen LogP contribution in [0.3, 0.4) is 0 Å². The topological polar surface area (TPSA) is 21.3 Å². The Labute approximate surface area is 156 Å². The van der Waals surface area contributed by atoms with E-state index in [9.17, 15) is 0 Å². The average molecular weight is 417 g/mol. The van der Waals surface area contributed by atoms with Crippen LogP contribution in [-0.2, 0) is 13.2 Å². The summed E-state index contributed by atoms with van der Waals surface area (Å²) < 4.78 is 7.02. The quantitative estimate of drug-likeness (QED) is 0.578. The Morgan fingerprint density at radius 3 is 2.61 bits per heavy atom.